The van der Waals surface area contributed by atoms with Gasteiger partial charge >= 0.3 is 0 Å². The van der Waals surface area contributed by atoms with E-state index in [-0.39, 0.29) is 11.5 Å². The van der Waals surface area contributed by atoms with Crippen LogP contribution in [0.3, 0.4) is 0 Å². The van der Waals surface area contributed by atoms with Crippen molar-refractivity contribution < 1.29 is 27.0 Å². The van der Waals surface area contributed by atoms with Crippen LogP contribution in [0, 0.1) is 45.9 Å². The van der Waals surface area contributed by atoms with Gasteiger partial charge in [0, 0.05) is 0 Å². The van der Waals surface area contributed by atoms with Gasteiger partial charge in [-0.2, -0.15) is 10.5 Å². The lowest BCUT2D eigenvalue weighted by Gasteiger charge is -2.16. The molecule has 138 valence electrons. The second-order valence-electron chi connectivity index (χ2n) is 5.37. The summed E-state index contributed by atoms with van der Waals surface area (Å²) in [4.78, 5) is 0. The first-order valence-electron chi connectivity index (χ1n) is 7.66. The van der Waals surface area contributed by atoms with Crippen molar-refractivity contribution in [3.05, 3.63) is 82.9 Å². The third kappa shape index (κ3) is 3.57. The molecule has 0 saturated heterocycles. The van der Waals surface area contributed by atoms with Crippen LogP contribution in [-0.4, -0.2) is 0 Å². The van der Waals surface area contributed by atoms with Crippen molar-refractivity contribution in [2.75, 3.05) is 0 Å². The van der Waals surface area contributed by atoms with E-state index in [4.69, 9.17) is 20.0 Å². The van der Waals surface area contributed by atoms with Crippen molar-refractivity contribution in [1.29, 1.82) is 10.5 Å². The normalized spacial score (nSPS) is 10.1. The number of benzene rings is 3. The largest absolute Gasteiger partial charge is 0.450 e. The first-order valence-corrected chi connectivity index (χ1v) is 7.66. The van der Waals surface area contributed by atoms with Gasteiger partial charge in [0.15, 0.2) is 11.6 Å². The molecule has 0 atom stereocenters. The fourth-order valence-corrected chi connectivity index (χ4v) is 2.28. The third-order valence-corrected chi connectivity index (χ3v) is 3.58. The van der Waals surface area contributed by atoms with Crippen LogP contribution in [0.5, 0.6) is 23.0 Å². The predicted molar refractivity (Wildman–Crippen MR) is 88.7 cm³/mol. The monoisotopic (exact) mass is 384 g/mol. The highest BCUT2D eigenvalue weighted by molar-refractivity contribution is 5.60. The second kappa shape index (κ2) is 7.68. The molecule has 0 saturated carbocycles. The smallest absolute Gasteiger partial charge is 0.210 e. The number of hydrogen-bond acceptors (Lipinski definition) is 4. The fraction of sp³-hybridized carbons (Fsp3) is 0. The van der Waals surface area contributed by atoms with E-state index in [0.717, 1.165) is 48.5 Å². The minimum absolute atomic E-state index is 0.0720. The number of rotatable bonds is 4. The third-order valence-electron chi connectivity index (χ3n) is 3.58. The lowest BCUT2D eigenvalue weighted by Crippen LogP contribution is -2.03. The minimum atomic E-state index is -1.33. The van der Waals surface area contributed by atoms with Crippen LogP contribution >= 0.6 is 0 Å². The first kappa shape index (κ1) is 18.7. The molecule has 0 amide bonds. The molecule has 0 spiro atoms. The summed E-state index contributed by atoms with van der Waals surface area (Å²) in [6.45, 7) is 0. The Bertz CT molecular complexity index is 1030. The number of ether oxygens (including phenoxy) is 2. The molecular formula is C20H8F4N2O2. The Morgan fingerprint density at radius 2 is 0.893 bits per heavy atom. The van der Waals surface area contributed by atoms with E-state index in [2.05, 4.69) is 0 Å². The van der Waals surface area contributed by atoms with Gasteiger partial charge in [-0.05, 0) is 48.5 Å². The highest BCUT2D eigenvalue weighted by atomic mass is 19.1. The summed E-state index contributed by atoms with van der Waals surface area (Å²) in [5.74, 6) is -5.61. The van der Waals surface area contributed by atoms with Gasteiger partial charge in [-0.3, -0.25) is 0 Å². The molecule has 0 aliphatic heterocycles. The quantitative estimate of drug-likeness (QED) is 0.552. The Labute approximate surface area is 156 Å². The average Bonchev–Trinajstić information content (AvgIpc) is 2.70. The van der Waals surface area contributed by atoms with Crippen molar-refractivity contribution in [1.82, 2.24) is 0 Å². The number of nitriles is 2. The van der Waals surface area contributed by atoms with Crippen molar-refractivity contribution >= 4 is 0 Å². The molecule has 0 unspecified atom stereocenters. The summed E-state index contributed by atoms with van der Waals surface area (Å²) in [6.07, 6.45) is 0. The molecule has 0 aliphatic rings. The molecule has 4 nitrogen and oxygen atoms in total. The Balaban J connectivity index is 2.18. The zero-order valence-corrected chi connectivity index (χ0v) is 13.8. The van der Waals surface area contributed by atoms with Gasteiger partial charge in [0.1, 0.15) is 46.4 Å². The molecule has 0 aliphatic carbocycles. The van der Waals surface area contributed by atoms with Gasteiger partial charge in [0.25, 0.3) is 0 Å². The zero-order valence-electron chi connectivity index (χ0n) is 13.8. The zero-order chi connectivity index (χ0) is 20.3. The minimum Gasteiger partial charge on any atom is -0.450 e. The summed E-state index contributed by atoms with van der Waals surface area (Å²) in [5.41, 5.74) is -1.74. The molecule has 0 aromatic heterocycles. The van der Waals surface area contributed by atoms with Gasteiger partial charge in [0.2, 0.25) is 11.5 Å². The molecule has 0 N–H and O–H groups in total. The maximum absolute atomic E-state index is 14.8. The topological polar surface area (TPSA) is 66.0 Å². The predicted octanol–water partition coefficient (Wildman–Crippen LogP) is 5.57. The van der Waals surface area contributed by atoms with Crippen molar-refractivity contribution in [2.24, 2.45) is 0 Å². The number of nitrogens with zero attached hydrogens (tertiary/aromatic N) is 2. The SMILES string of the molecule is N#Cc1c(F)c(Oc2ccc(F)cc2)c(Oc2ccc(F)cc2)c(F)c1C#N. The lowest BCUT2D eigenvalue weighted by atomic mass is 10.1. The first-order chi connectivity index (χ1) is 13.4. The Kier molecular flexibility index (Phi) is 5.14. The van der Waals surface area contributed by atoms with E-state index in [1.165, 1.54) is 12.1 Å². The van der Waals surface area contributed by atoms with E-state index in [1.54, 1.807) is 0 Å². The van der Waals surface area contributed by atoms with Gasteiger partial charge in [-0.25, -0.2) is 17.6 Å². The second-order valence-corrected chi connectivity index (χ2v) is 5.37. The average molecular weight is 384 g/mol. The lowest BCUT2D eigenvalue weighted by molar-refractivity contribution is 0.372. The number of halogens is 4. The summed E-state index contributed by atoms with van der Waals surface area (Å²) < 4.78 is 66.3. The van der Waals surface area contributed by atoms with Gasteiger partial charge in [0.05, 0.1) is 0 Å². The van der Waals surface area contributed by atoms with E-state index in [9.17, 15) is 17.6 Å². The van der Waals surface area contributed by atoms with Gasteiger partial charge < -0.3 is 9.47 Å². The highest BCUT2D eigenvalue weighted by Gasteiger charge is 2.28. The van der Waals surface area contributed by atoms with Crippen molar-refractivity contribution in [3.63, 3.8) is 0 Å². The van der Waals surface area contributed by atoms with Crippen LogP contribution in [-0.2, 0) is 0 Å². The summed E-state index contributed by atoms with van der Waals surface area (Å²) in [7, 11) is 0. The van der Waals surface area contributed by atoms with E-state index in [1.807, 2.05) is 0 Å². The van der Waals surface area contributed by atoms with Crippen LogP contribution < -0.4 is 9.47 Å². The Morgan fingerprint density at radius 1 is 0.571 bits per heavy atom. The van der Waals surface area contributed by atoms with Crippen LogP contribution in [0.15, 0.2) is 48.5 Å². The summed E-state index contributed by atoms with van der Waals surface area (Å²) >= 11 is 0. The van der Waals surface area contributed by atoms with E-state index >= 15 is 0 Å². The molecule has 3 aromatic carbocycles. The molecular weight excluding hydrogens is 376 g/mol. The van der Waals surface area contributed by atoms with Crippen LogP contribution in [0.1, 0.15) is 11.1 Å². The van der Waals surface area contributed by atoms with Crippen molar-refractivity contribution in [3.8, 4) is 35.1 Å². The molecule has 8 heteroatoms. The van der Waals surface area contributed by atoms with Crippen LogP contribution in [0.4, 0.5) is 17.6 Å². The Hall–Kier alpha value is -4.04. The van der Waals surface area contributed by atoms with Crippen LogP contribution in [0.2, 0.25) is 0 Å². The van der Waals surface area contributed by atoms with E-state index in [0.29, 0.717) is 0 Å². The Morgan fingerprint density at radius 3 is 1.18 bits per heavy atom. The fourth-order valence-electron chi connectivity index (χ4n) is 2.28. The number of hydrogen-bond donors (Lipinski definition) is 0. The maximum atomic E-state index is 14.8. The van der Waals surface area contributed by atoms with Crippen molar-refractivity contribution in [2.45, 2.75) is 0 Å². The molecule has 3 rings (SSSR count). The van der Waals surface area contributed by atoms with Gasteiger partial charge in [-0.15, -0.1) is 0 Å². The maximum Gasteiger partial charge on any atom is 0.210 e. The molecule has 0 fully saturated rings. The van der Waals surface area contributed by atoms with Gasteiger partial charge in [-0.1, -0.05) is 0 Å². The highest BCUT2D eigenvalue weighted by Crippen LogP contribution is 2.42. The standard InChI is InChI=1S/C20H8F4N2O2/c21-11-1-5-13(6-2-11)27-19-17(23)15(9-25)16(10-26)18(24)20(19)28-14-7-3-12(22)4-8-14/h1-8H. The summed E-state index contributed by atoms with van der Waals surface area (Å²) in [6, 6.07) is 11.5. The molecule has 0 heterocycles. The van der Waals surface area contributed by atoms with Crippen LogP contribution in [0.25, 0.3) is 0 Å². The van der Waals surface area contributed by atoms with E-state index < -0.39 is 45.9 Å². The molecule has 28 heavy (non-hydrogen) atoms. The molecule has 3 aromatic rings. The molecule has 0 bridgehead atoms. The summed E-state index contributed by atoms with van der Waals surface area (Å²) in [5, 5.41) is 18.2. The molecule has 0 radical (unpaired) electrons.